The van der Waals surface area contributed by atoms with Crippen LogP contribution in [0.4, 0.5) is 4.39 Å². The second-order valence-corrected chi connectivity index (χ2v) is 3.14. The second kappa shape index (κ2) is 3.54. The third-order valence-electron chi connectivity index (χ3n) is 2.09. The predicted octanol–water partition coefficient (Wildman–Crippen LogP) is 2.17. The van der Waals surface area contributed by atoms with Crippen molar-refractivity contribution in [3.63, 3.8) is 0 Å². The topological polar surface area (TPSA) is 64.2 Å². The number of phenolic OH excluding ortho intramolecular Hbond substituents is 2. The maximum absolute atomic E-state index is 13.1. The largest absolute Gasteiger partial charge is 0.505 e. The first-order chi connectivity index (χ1) is 6.49. The molecule has 1 unspecified atom stereocenters. The summed E-state index contributed by atoms with van der Waals surface area (Å²) in [6.07, 6.45) is 0. The Kier molecular flexibility index (Phi) is 2.61. The van der Waals surface area contributed by atoms with Crippen LogP contribution in [-0.2, 0) is 0 Å². The van der Waals surface area contributed by atoms with Crippen molar-refractivity contribution in [3.05, 3.63) is 23.0 Å². The molecule has 0 saturated heterocycles. The number of rotatable bonds is 1. The molecule has 0 aliphatic carbocycles. The molecule has 0 saturated carbocycles. The van der Waals surface area contributed by atoms with E-state index in [1.54, 1.807) is 6.92 Å². The Balaban J connectivity index is 3.42. The van der Waals surface area contributed by atoms with E-state index in [0.29, 0.717) is 5.56 Å². The summed E-state index contributed by atoms with van der Waals surface area (Å²) < 4.78 is 13.1. The van der Waals surface area contributed by atoms with E-state index in [9.17, 15) is 9.50 Å². The Morgan fingerprint density at radius 2 is 2.00 bits per heavy atom. The maximum Gasteiger partial charge on any atom is 0.206 e. The molecule has 0 radical (unpaired) electrons. The quantitative estimate of drug-likeness (QED) is 0.721. The van der Waals surface area contributed by atoms with Gasteiger partial charge in [-0.15, -0.1) is 0 Å². The van der Waals surface area contributed by atoms with E-state index in [0.717, 1.165) is 0 Å². The Bertz CT molecular complexity index is 410. The highest BCUT2D eigenvalue weighted by atomic mass is 19.1. The normalized spacial score (nSPS) is 12.1. The molecule has 74 valence electrons. The molecule has 1 rings (SSSR count). The first-order valence-electron chi connectivity index (χ1n) is 4.09. The van der Waals surface area contributed by atoms with Crippen LogP contribution in [0.25, 0.3) is 0 Å². The first-order valence-corrected chi connectivity index (χ1v) is 4.09. The van der Waals surface area contributed by atoms with Gasteiger partial charge in [-0.05, 0) is 25.5 Å². The van der Waals surface area contributed by atoms with Crippen LogP contribution in [0, 0.1) is 24.1 Å². The van der Waals surface area contributed by atoms with Crippen LogP contribution in [-0.4, -0.2) is 10.2 Å². The number of nitrogens with zero attached hydrogens (tertiary/aromatic N) is 1. The third-order valence-corrected chi connectivity index (χ3v) is 2.09. The molecule has 0 aliphatic heterocycles. The molecule has 0 bridgehead atoms. The summed E-state index contributed by atoms with van der Waals surface area (Å²) in [6, 6.07) is 3.29. The minimum absolute atomic E-state index is 0.195. The average Bonchev–Trinajstić information content (AvgIpc) is 2.19. The zero-order valence-corrected chi connectivity index (χ0v) is 7.87. The Morgan fingerprint density at radius 1 is 1.43 bits per heavy atom. The van der Waals surface area contributed by atoms with Gasteiger partial charge in [-0.1, -0.05) is 0 Å². The van der Waals surface area contributed by atoms with E-state index in [1.165, 1.54) is 13.0 Å². The number of phenols is 2. The average molecular weight is 195 g/mol. The fourth-order valence-electron chi connectivity index (χ4n) is 1.18. The molecule has 0 aromatic heterocycles. The van der Waals surface area contributed by atoms with Gasteiger partial charge in [0.1, 0.15) is 0 Å². The molecule has 14 heavy (non-hydrogen) atoms. The summed E-state index contributed by atoms with van der Waals surface area (Å²) in [4.78, 5) is 0. The number of aromatic hydroxyl groups is 2. The van der Waals surface area contributed by atoms with E-state index in [-0.39, 0.29) is 5.56 Å². The SMILES string of the molecule is Cc1cc(C(C)C#N)c(O)c(F)c1O. The van der Waals surface area contributed by atoms with Crippen LogP contribution in [0.5, 0.6) is 11.5 Å². The minimum Gasteiger partial charge on any atom is -0.505 e. The minimum atomic E-state index is -1.07. The van der Waals surface area contributed by atoms with Gasteiger partial charge < -0.3 is 10.2 Å². The van der Waals surface area contributed by atoms with Crippen molar-refractivity contribution in [2.24, 2.45) is 0 Å². The molecule has 3 nitrogen and oxygen atoms in total. The maximum atomic E-state index is 13.1. The zero-order valence-electron chi connectivity index (χ0n) is 7.87. The van der Waals surface area contributed by atoms with E-state index >= 15 is 0 Å². The first kappa shape index (κ1) is 10.3. The highest BCUT2D eigenvalue weighted by Gasteiger charge is 2.18. The smallest absolute Gasteiger partial charge is 0.206 e. The van der Waals surface area contributed by atoms with Crippen molar-refractivity contribution in [2.45, 2.75) is 19.8 Å². The van der Waals surface area contributed by atoms with Crippen molar-refractivity contribution in [1.29, 1.82) is 5.26 Å². The van der Waals surface area contributed by atoms with Crippen LogP contribution >= 0.6 is 0 Å². The van der Waals surface area contributed by atoms with Crippen LogP contribution < -0.4 is 0 Å². The highest BCUT2D eigenvalue weighted by molar-refractivity contribution is 5.48. The lowest BCUT2D eigenvalue weighted by Crippen LogP contribution is -1.95. The molecular weight excluding hydrogens is 185 g/mol. The van der Waals surface area contributed by atoms with Gasteiger partial charge in [-0.2, -0.15) is 9.65 Å². The van der Waals surface area contributed by atoms with Crippen LogP contribution in [0.2, 0.25) is 0 Å². The lowest BCUT2D eigenvalue weighted by molar-refractivity contribution is 0.382. The van der Waals surface area contributed by atoms with Gasteiger partial charge in [-0.3, -0.25) is 0 Å². The number of halogens is 1. The predicted molar refractivity (Wildman–Crippen MR) is 48.5 cm³/mol. The monoisotopic (exact) mass is 195 g/mol. The molecule has 1 aromatic carbocycles. The summed E-state index contributed by atoms with van der Waals surface area (Å²) in [5, 5.41) is 27.1. The standard InChI is InChI=1S/C10H10FNO2/c1-5-3-7(6(2)4-12)10(14)8(11)9(5)13/h3,6,13-14H,1-2H3. The molecule has 0 aliphatic rings. The van der Waals surface area contributed by atoms with Gasteiger partial charge in [0.25, 0.3) is 0 Å². The fraction of sp³-hybridized carbons (Fsp3) is 0.300. The van der Waals surface area contributed by atoms with Crippen molar-refractivity contribution >= 4 is 0 Å². The van der Waals surface area contributed by atoms with Gasteiger partial charge in [0.15, 0.2) is 11.5 Å². The van der Waals surface area contributed by atoms with Crippen LogP contribution in [0.1, 0.15) is 24.0 Å². The molecule has 0 heterocycles. The lowest BCUT2D eigenvalue weighted by atomic mass is 9.98. The van der Waals surface area contributed by atoms with E-state index in [2.05, 4.69) is 0 Å². The van der Waals surface area contributed by atoms with Gasteiger partial charge in [0.2, 0.25) is 5.82 Å². The Morgan fingerprint density at radius 3 is 2.50 bits per heavy atom. The summed E-state index contributed by atoms with van der Waals surface area (Å²) in [5.74, 6) is -2.90. The fourth-order valence-corrected chi connectivity index (χ4v) is 1.18. The molecule has 0 amide bonds. The summed E-state index contributed by atoms with van der Waals surface area (Å²) in [5.41, 5.74) is 0.498. The van der Waals surface area contributed by atoms with Gasteiger partial charge >= 0.3 is 0 Å². The number of hydrogen-bond donors (Lipinski definition) is 2. The summed E-state index contributed by atoms with van der Waals surface area (Å²) in [6.45, 7) is 3.05. The summed E-state index contributed by atoms with van der Waals surface area (Å²) in [7, 11) is 0. The van der Waals surface area contributed by atoms with Crippen molar-refractivity contribution < 1.29 is 14.6 Å². The zero-order chi connectivity index (χ0) is 10.9. The summed E-state index contributed by atoms with van der Waals surface area (Å²) >= 11 is 0. The van der Waals surface area contributed by atoms with E-state index in [1.807, 2.05) is 6.07 Å². The van der Waals surface area contributed by atoms with Gasteiger partial charge in [0, 0.05) is 5.56 Å². The highest BCUT2D eigenvalue weighted by Crippen LogP contribution is 2.35. The van der Waals surface area contributed by atoms with E-state index < -0.39 is 23.2 Å². The molecule has 4 heteroatoms. The van der Waals surface area contributed by atoms with Crippen molar-refractivity contribution in [1.82, 2.24) is 0 Å². The van der Waals surface area contributed by atoms with E-state index in [4.69, 9.17) is 10.4 Å². The number of hydrogen-bond acceptors (Lipinski definition) is 3. The molecular formula is C10H10FNO2. The third kappa shape index (κ3) is 1.49. The second-order valence-electron chi connectivity index (χ2n) is 3.14. The van der Waals surface area contributed by atoms with Crippen LogP contribution in [0.3, 0.4) is 0 Å². The van der Waals surface area contributed by atoms with Crippen molar-refractivity contribution in [3.8, 4) is 17.6 Å². The Labute approximate surface area is 81.0 Å². The molecule has 0 spiro atoms. The number of nitriles is 1. The molecule has 1 aromatic rings. The Hall–Kier alpha value is -1.76. The van der Waals surface area contributed by atoms with Gasteiger partial charge in [0.05, 0.1) is 12.0 Å². The molecule has 1 atom stereocenters. The molecule has 0 fully saturated rings. The lowest BCUT2D eigenvalue weighted by Gasteiger charge is -2.10. The van der Waals surface area contributed by atoms with Gasteiger partial charge in [-0.25, -0.2) is 0 Å². The number of benzene rings is 1. The molecule has 2 N–H and O–H groups in total. The number of aryl methyl sites for hydroxylation is 1. The van der Waals surface area contributed by atoms with Crippen LogP contribution in [0.15, 0.2) is 6.07 Å². The van der Waals surface area contributed by atoms with Crippen molar-refractivity contribution in [2.75, 3.05) is 0 Å².